The Balaban J connectivity index is 1.87. The third-order valence-corrected chi connectivity index (χ3v) is 3.33. The van der Waals surface area contributed by atoms with Gasteiger partial charge in [0.2, 0.25) is 0 Å². The fourth-order valence-electron chi connectivity index (χ4n) is 2.03. The first-order valence-corrected chi connectivity index (χ1v) is 7.43. The van der Waals surface area contributed by atoms with Crippen molar-refractivity contribution in [3.8, 4) is 5.75 Å². The number of amides is 2. The quantitative estimate of drug-likeness (QED) is 0.501. The highest BCUT2D eigenvalue weighted by Crippen LogP contribution is 2.11. The van der Waals surface area contributed by atoms with Gasteiger partial charge in [-0.1, -0.05) is 42.5 Å². The molecule has 1 unspecified atom stereocenters. The Morgan fingerprint density at radius 3 is 2.54 bits per heavy atom. The topological polar surface area (TPSA) is 79.8 Å². The molecule has 0 saturated carbocycles. The van der Waals surface area contributed by atoms with Crippen LogP contribution in [0.15, 0.2) is 59.7 Å². The van der Waals surface area contributed by atoms with Gasteiger partial charge in [0.25, 0.3) is 0 Å². The van der Waals surface area contributed by atoms with E-state index < -0.39 is 11.8 Å². The number of ether oxygens (including phenoxy) is 1. The fourth-order valence-corrected chi connectivity index (χ4v) is 2.03. The lowest BCUT2D eigenvalue weighted by molar-refractivity contribution is -0.139. The number of methoxy groups -OCH3 is 1. The van der Waals surface area contributed by atoms with Crippen molar-refractivity contribution < 1.29 is 14.3 Å². The second-order valence-electron chi connectivity index (χ2n) is 5.08. The van der Waals surface area contributed by atoms with Crippen LogP contribution in [0.1, 0.15) is 24.1 Å². The van der Waals surface area contributed by atoms with Crippen LogP contribution in [0.25, 0.3) is 0 Å². The van der Waals surface area contributed by atoms with Crippen LogP contribution < -0.4 is 15.5 Å². The summed E-state index contributed by atoms with van der Waals surface area (Å²) in [5.41, 5.74) is 3.86. The summed E-state index contributed by atoms with van der Waals surface area (Å²) >= 11 is 0. The Morgan fingerprint density at radius 1 is 1.08 bits per heavy atom. The third-order valence-electron chi connectivity index (χ3n) is 3.33. The summed E-state index contributed by atoms with van der Waals surface area (Å²) in [6.45, 7) is 1.81. The first kappa shape index (κ1) is 17.2. The minimum absolute atomic E-state index is 0.271. The highest BCUT2D eigenvalue weighted by molar-refractivity contribution is 6.35. The standard InChI is InChI=1S/C18H19N3O3/c1-13(15-8-4-3-5-9-15)20-17(22)18(23)21-19-12-14-7-6-10-16(11-14)24-2/h3-13H,1-2H3,(H,20,22)(H,21,23). The average molecular weight is 325 g/mol. The lowest BCUT2D eigenvalue weighted by Gasteiger charge is -2.13. The number of carbonyl (C=O) groups is 2. The summed E-state index contributed by atoms with van der Waals surface area (Å²) in [5, 5.41) is 6.40. The minimum Gasteiger partial charge on any atom is -0.497 e. The number of nitrogens with zero attached hydrogens (tertiary/aromatic N) is 1. The van der Waals surface area contributed by atoms with E-state index in [1.54, 1.807) is 38.3 Å². The molecule has 0 saturated heterocycles. The van der Waals surface area contributed by atoms with E-state index in [0.717, 1.165) is 11.1 Å². The summed E-state index contributed by atoms with van der Waals surface area (Å²) < 4.78 is 5.09. The molecule has 0 aromatic heterocycles. The first-order chi connectivity index (χ1) is 11.6. The molecule has 24 heavy (non-hydrogen) atoms. The van der Waals surface area contributed by atoms with E-state index in [9.17, 15) is 9.59 Å². The van der Waals surface area contributed by atoms with E-state index >= 15 is 0 Å². The molecule has 0 aliphatic rings. The number of rotatable bonds is 5. The number of hydrazone groups is 1. The molecule has 0 radical (unpaired) electrons. The van der Waals surface area contributed by atoms with Gasteiger partial charge in [-0.15, -0.1) is 0 Å². The van der Waals surface area contributed by atoms with Crippen LogP contribution in [0.2, 0.25) is 0 Å². The summed E-state index contributed by atoms with van der Waals surface area (Å²) in [5.74, 6) is -0.884. The molecule has 6 heteroatoms. The van der Waals surface area contributed by atoms with Gasteiger partial charge < -0.3 is 10.1 Å². The molecule has 2 aromatic carbocycles. The number of hydrogen-bond donors (Lipinski definition) is 2. The van der Waals surface area contributed by atoms with Gasteiger partial charge in [-0.25, -0.2) is 5.43 Å². The highest BCUT2D eigenvalue weighted by Gasteiger charge is 2.16. The zero-order valence-corrected chi connectivity index (χ0v) is 13.5. The molecule has 2 amide bonds. The maximum absolute atomic E-state index is 11.9. The molecule has 0 bridgehead atoms. The Kier molecular flexibility index (Phi) is 6.08. The fraction of sp³-hybridized carbons (Fsp3) is 0.167. The monoisotopic (exact) mass is 325 g/mol. The SMILES string of the molecule is COc1cccc(C=NNC(=O)C(=O)NC(C)c2ccccc2)c1. The van der Waals surface area contributed by atoms with Crippen molar-refractivity contribution in [2.75, 3.05) is 7.11 Å². The van der Waals surface area contributed by atoms with Gasteiger partial charge in [0.05, 0.1) is 19.4 Å². The predicted molar refractivity (Wildman–Crippen MR) is 91.7 cm³/mol. The van der Waals surface area contributed by atoms with Gasteiger partial charge in [-0.05, 0) is 30.2 Å². The van der Waals surface area contributed by atoms with Crippen molar-refractivity contribution in [2.24, 2.45) is 5.10 Å². The van der Waals surface area contributed by atoms with Crippen LogP contribution in [-0.2, 0) is 9.59 Å². The minimum atomic E-state index is -0.822. The van der Waals surface area contributed by atoms with Crippen molar-refractivity contribution in [1.82, 2.24) is 10.7 Å². The van der Waals surface area contributed by atoms with Crippen LogP contribution in [0, 0.1) is 0 Å². The molecule has 2 aromatic rings. The van der Waals surface area contributed by atoms with Crippen LogP contribution in [0.5, 0.6) is 5.75 Å². The van der Waals surface area contributed by atoms with E-state index in [1.807, 2.05) is 30.3 Å². The number of nitrogens with one attached hydrogen (secondary N) is 2. The van der Waals surface area contributed by atoms with E-state index in [1.165, 1.54) is 6.21 Å². The maximum atomic E-state index is 11.9. The molecule has 0 aliphatic heterocycles. The van der Waals surface area contributed by atoms with E-state index in [2.05, 4.69) is 15.8 Å². The van der Waals surface area contributed by atoms with Crippen LogP contribution in [0.3, 0.4) is 0 Å². The summed E-state index contributed by atoms with van der Waals surface area (Å²) in [7, 11) is 1.57. The molecule has 0 aliphatic carbocycles. The Bertz CT molecular complexity index is 729. The van der Waals surface area contributed by atoms with Crippen molar-refractivity contribution in [3.05, 3.63) is 65.7 Å². The third kappa shape index (κ3) is 4.95. The zero-order valence-electron chi connectivity index (χ0n) is 13.5. The second-order valence-corrected chi connectivity index (χ2v) is 5.08. The number of carbonyl (C=O) groups excluding carboxylic acids is 2. The molecular weight excluding hydrogens is 306 g/mol. The van der Waals surface area contributed by atoms with Crippen LogP contribution in [0.4, 0.5) is 0 Å². The van der Waals surface area contributed by atoms with Gasteiger partial charge in [-0.2, -0.15) is 5.10 Å². The second kappa shape index (κ2) is 8.47. The summed E-state index contributed by atoms with van der Waals surface area (Å²) in [6.07, 6.45) is 1.44. The van der Waals surface area contributed by atoms with Gasteiger partial charge in [0.1, 0.15) is 5.75 Å². The summed E-state index contributed by atoms with van der Waals surface area (Å²) in [6, 6.07) is 16.3. The van der Waals surface area contributed by atoms with E-state index in [0.29, 0.717) is 5.75 Å². The van der Waals surface area contributed by atoms with E-state index in [4.69, 9.17) is 4.74 Å². The molecule has 0 spiro atoms. The van der Waals surface area contributed by atoms with Gasteiger partial charge in [-0.3, -0.25) is 9.59 Å². The van der Waals surface area contributed by atoms with Crippen molar-refractivity contribution in [2.45, 2.75) is 13.0 Å². The lowest BCUT2D eigenvalue weighted by atomic mass is 10.1. The summed E-state index contributed by atoms with van der Waals surface area (Å²) in [4.78, 5) is 23.6. The molecule has 2 rings (SSSR count). The van der Waals surface area contributed by atoms with Crippen molar-refractivity contribution in [3.63, 3.8) is 0 Å². The molecular formula is C18H19N3O3. The van der Waals surface area contributed by atoms with Crippen LogP contribution >= 0.6 is 0 Å². The highest BCUT2D eigenvalue weighted by atomic mass is 16.5. The number of benzene rings is 2. The first-order valence-electron chi connectivity index (χ1n) is 7.43. The smallest absolute Gasteiger partial charge is 0.329 e. The molecule has 6 nitrogen and oxygen atoms in total. The van der Waals surface area contributed by atoms with Crippen molar-refractivity contribution in [1.29, 1.82) is 0 Å². The lowest BCUT2D eigenvalue weighted by Crippen LogP contribution is -2.39. The van der Waals surface area contributed by atoms with Crippen LogP contribution in [-0.4, -0.2) is 25.1 Å². The zero-order chi connectivity index (χ0) is 17.4. The van der Waals surface area contributed by atoms with Gasteiger partial charge in [0.15, 0.2) is 0 Å². The molecule has 1 atom stereocenters. The maximum Gasteiger partial charge on any atom is 0.329 e. The van der Waals surface area contributed by atoms with Gasteiger partial charge >= 0.3 is 11.8 Å². The predicted octanol–water partition coefficient (Wildman–Crippen LogP) is 2.02. The van der Waals surface area contributed by atoms with Gasteiger partial charge in [0, 0.05) is 0 Å². The largest absolute Gasteiger partial charge is 0.497 e. The molecule has 0 fully saturated rings. The van der Waals surface area contributed by atoms with E-state index in [-0.39, 0.29) is 6.04 Å². The Labute approximate surface area is 140 Å². The molecule has 0 heterocycles. The Morgan fingerprint density at radius 2 is 1.83 bits per heavy atom. The molecule has 2 N–H and O–H groups in total. The normalized spacial score (nSPS) is 11.8. The van der Waals surface area contributed by atoms with Crippen molar-refractivity contribution >= 4 is 18.0 Å². The average Bonchev–Trinajstić information content (AvgIpc) is 2.62. The molecule has 124 valence electrons. The Hall–Kier alpha value is -3.15. The number of hydrogen-bond acceptors (Lipinski definition) is 4.